The lowest BCUT2D eigenvalue weighted by atomic mass is 9.79. The first-order chi connectivity index (χ1) is 16.5. The third-order valence-electron chi connectivity index (χ3n) is 7.01. The summed E-state index contributed by atoms with van der Waals surface area (Å²) in [4.78, 5) is 10.0. The molecule has 1 aromatic heterocycles. The van der Waals surface area contributed by atoms with Crippen LogP contribution in [0.2, 0.25) is 5.02 Å². The van der Waals surface area contributed by atoms with Gasteiger partial charge in [0.1, 0.15) is 5.82 Å². The van der Waals surface area contributed by atoms with Crippen molar-refractivity contribution in [3.8, 4) is 0 Å². The Kier molecular flexibility index (Phi) is 7.76. The van der Waals surface area contributed by atoms with Crippen molar-refractivity contribution in [1.29, 1.82) is 0 Å². The topological polar surface area (TPSA) is 53.1 Å². The largest absolute Gasteiger partial charge is 0.433 e. The second-order valence-corrected chi connectivity index (χ2v) is 10.9. The number of thiocarbonyl (C=S) groups is 1. The molecule has 190 valence electrons. The van der Waals surface area contributed by atoms with Crippen LogP contribution in [0.25, 0.3) is 0 Å². The van der Waals surface area contributed by atoms with Crippen molar-refractivity contribution in [2.75, 3.05) is 29.9 Å². The summed E-state index contributed by atoms with van der Waals surface area (Å²) in [6, 6.07) is 8.86. The first-order valence-electron chi connectivity index (χ1n) is 12.1. The molecule has 1 aliphatic heterocycles. The summed E-state index contributed by atoms with van der Waals surface area (Å²) in [7, 11) is 0. The molecule has 1 aliphatic carbocycles. The molecule has 2 heterocycles. The molecule has 2 fully saturated rings. The molecule has 5 nitrogen and oxygen atoms in total. The number of alkyl halides is 3. The van der Waals surface area contributed by atoms with Gasteiger partial charge < -0.3 is 15.5 Å². The van der Waals surface area contributed by atoms with Gasteiger partial charge in [-0.2, -0.15) is 18.2 Å². The van der Waals surface area contributed by atoms with Crippen LogP contribution < -0.4 is 15.5 Å². The van der Waals surface area contributed by atoms with E-state index in [9.17, 15) is 13.2 Å². The number of halogens is 4. The van der Waals surface area contributed by atoms with Crippen LogP contribution in [0.15, 0.2) is 30.3 Å². The van der Waals surface area contributed by atoms with E-state index in [0.29, 0.717) is 36.5 Å². The number of aromatic nitrogens is 2. The second-order valence-electron chi connectivity index (χ2n) is 10.1. The maximum atomic E-state index is 13.6. The number of benzene rings is 1. The number of nitrogens with zero attached hydrogens (tertiary/aromatic N) is 3. The van der Waals surface area contributed by atoms with Crippen LogP contribution in [-0.2, 0) is 11.6 Å². The highest BCUT2D eigenvalue weighted by molar-refractivity contribution is 7.80. The predicted molar refractivity (Wildman–Crippen MR) is 138 cm³/mol. The Labute approximate surface area is 214 Å². The van der Waals surface area contributed by atoms with Gasteiger partial charge in [-0.05, 0) is 61.0 Å². The minimum absolute atomic E-state index is 0.128. The van der Waals surface area contributed by atoms with Gasteiger partial charge in [0.25, 0.3) is 0 Å². The third-order valence-corrected chi connectivity index (χ3v) is 7.49. The Morgan fingerprint density at radius 3 is 2.46 bits per heavy atom. The molecule has 1 saturated carbocycles. The molecule has 0 bridgehead atoms. The molecule has 0 radical (unpaired) electrons. The first kappa shape index (κ1) is 25.9. The molecule has 2 N–H and O–H groups in total. The fraction of sp³-hybridized carbons (Fsp3) is 0.560. The standard InChI is InChI=1S/C25H31ClF3N5S/c1-16-10-17(2)14-34(13-16)21-12-20(25(27,28)29)31-22(32-21)33-23(35)30-15-24(8-3-4-9-24)18-6-5-7-19(26)11-18/h5-7,11-12,16-17H,3-4,8-10,13-15H2,1-2H3,(H2,30,31,32,33,35)/t16-,17-/m1/s1. The van der Waals surface area contributed by atoms with Crippen LogP contribution in [0.3, 0.4) is 0 Å². The number of nitrogens with one attached hydrogen (secondary N) is 2. The summed E-state index contributed by atoms with van der Waals surface area (Å²) in [6.07, 6.45) is 0.622. The van der Waals surface area contributed by atoms with Crippen molar-refractivity contribution >= 4 is 40.7 Å². The fourth-order valence-corrected chi connectivity index (χ4v) is 5.83. The van der Waals surface area contributed by atoms with Crippen LogP contribution in [-0.4, -0.2) is 34.7 Å². The molecule has 4 rings (SSSR count). The van der Waals surface area contributed by atoms with Crippen molar-refractivity contribution in [3.63, 3.8) is 0 Å². The van der Waals surface area contributed by atoms with Gasteiger partial charge >= 0.3 is 6.18 Å². The number of hydrogen-bond acceptors (Lipinski definition) is 4. The van der Waals surface area contributed by atoms with Gasteiger partial charge in [0.2, 0.25) is 5.95 Å². The van der Waals surface area contributed by atoms with Crippen molar-refractivity contribution in [3.05, 3.63) is 46.6 Å². The molecule has 10 heteroatoms. The minimum atomic E-state index is -4.59. The molecule has 0 unspecified atom stereocenters. The van der Waals surface area contributed by atoms with Crippen molar-refractivity contribution in [2.24, 2.45) is 11.8 Å². The zero-order chi connectivity index (χ0) is 25.2. The first-order valence-corrected chi connectivity index (χ1v) is 12.8. The molecule has 0 amide bonds. The number of anilines is 2. The average Bonchev–Trinajstić information content (AvgIpc) is 3.27. The summed E-state index contributed by atoms with van der Waals surface area (Å²) < 4.78 is 40.9. The maximum Gasteiger partial charge on any atom is 0.433 e. The highest BCUT2D eigenvalue weighted by atomic mass is 35.5. The molecule has 35 heavy (non-hydrogen) atoms. The van der Waals surface area contributed by atoms with Gasteiger partial charge in [-0.1, -0.05) is 50.4 Å². The van der Waals surface area contributed by atoms with E-state index in [1.165, 1.54) is 0 Å². The normalized spacial score (nSPS) is 22.2. The average molecular weight is 526 g/mol. The molecule has 2 atom stereocenters. The third kappa shape index (κ3) is 6.36. The number of rotatable bonds is 5. The number of hydrogen-bond donors (Lipinski definition) is 2. The van der Waals surface area contributed by atoms with E-state index in [0.717, 1.165) is 43.7 Å². The Hall–Kier alpha value is -2.13. The molecule has 1 aromatic carbocycles. The van der Waals surface area contributed by atoms with Crippen LogP contribution in [0.5, 0.6) is 0 Å². The van der Waals surface area contributed by atoms with Gasteiger partial charge in [-0.3, -0.25) is 0 Å². The van der Waals surface area contributed by atoms with Crippen molar-refractivity contribution in [2.45, 2.75) is 57.5 Å². The van der Waals surface area contributed by atoms with E-state index in [1.807, 2.05) is 23.1 Å². The smallest absolute Gasteiger partial charge is 0.361 e. The number of piperidine rings is 1. The van der Waals surface area contributed by atoms with Crippen LogP contribution >= 0.6 is 23.8 Å². The molecule has 2 aliphatic rings. The van der Waals surface area contributed by atoms with Crippen LogP contribution in [0.1, 0.15) is 57.2 Å². The molecule has 2 aromatic rings. The van der Waals surface area contributed by atoms with Crippen LogP contribution in [0, 0.1) is 11.8 Å². The van der Waals surface area contributed by atoms with Gasteiger partial charge in [-0.15, -0.1) is 0 Å². The Bertz CT molecular complexity index is 1050. The molecule has 0 spiro atoms. The Morgan fingerprint density at radius 2 is 1.83 bits per heavy atom. The van der Waals surface area contributed by atoms with Gasteiger partial charge in [0.15, 0.2) is 10.8 Å². The zero-order valence-corrected chi connectivity index (χ0v) is 21.5. The van der Waals surface area contributed by atoms with Crippen LogP contribution in [0.4, 0.5) is 24.9 Å². The zero-order valence-electron chi connectivity index (χ0n) is 20.0. The van der Waals surface area contributed by atoms with E-state index < -0.39 is 11.9 Å². The quantitative estimate of drug-likeness (QED) is 0.439. The van der Waals surface area contributed by atoms with Gasteiger partial charge in [0, 0.05) is 36.1 Å². The van der Waals surface area contributed by atoms with Gasteiger partial charge in [0.05, 0.1) is 0 Å². The summed E-state index contributed by atoms with van der Waals surface area (Å²) in [5.41, 5.74) is 0.0323. The Balaban J connectivity index is 1.51. The van der Waals surface area contributed by atoms with E-state index in [2.05, 4.69) is 40.5 Å². The SMILES string of the molecule is C[C@@H]1C[C@@H](C)CN(c2cc(C(F)(F)F)nc(NC(=S)NCC3(c4cccc(Cl)c4)CCCC3)n2)C1. The summed E-state index contributed by atoms with van der Waals surface area (Å²) in [5, 5.41) is 6.89. The lowest BCUT2D eigenvalue weighted by Crippen LogP contribution is -2.41. The predicted octanol–water partition coefficient (Wildman–Crippen LogP) is 6.43. The van der Waals surface area contributed by atoms with Crippen molar-refractivity contribution < 1.29 is 13.2 Å². The van der Waals surface area contributed by atoms with E-state index >= 15 is 0 Å². The lowest BCUT2D eigenvalue weighted by molar-refractivity contribution is -0.141. The van der Waals surface area contributed by atoms with Gasteiger partial charge in [-0.25, -0.2) is 4.98 Å². The summed E-state index contributed by atoms with van der Waals surface area (Å²) in [6.45, 7) is 6.06. The minimum Gasteiger partial charge on any atom is -0.361 e. The van der Waals surface area contributed by atoms with Crippen molar-refractivity contribution in [1.82, 2.24) is 15.3 Å². The second kappa shape index (κ2) is 10.5. The van der Waals surface area contributed by atoms with E-state index in [-0.39, 0.29) is 22.3 Å². The summed E-state index contributed by atoms with van der Waals surface area (Å²) in [5.74, 6) is 0.858. The highest BCUT2D eigenvalue weighted by Gasteiger charge is 2.37. The summed E-state index contributed by atoms with van der Waals surface area (Å²) >= 11 is 11.7. The van der Waals surface area contributed by atoms with E-state index in [1.54, 1.807) is 0 Å². The maximum absolute atomic E-state index is 13.6. The fourth-order valence-electron chi connectivity index (χ4n) is 5.48. The Morgan fingerprint density at radius 1 is 1.14 bits per heavy atom. The lowest BCUT2D eigenvalue weighted by Gasteiger charge is -2.36. The molecule has 1 saturated heterocycles. The van der Waals surface area contributed by atoms with E-state index in [4.69, 9.17) is 23.8 Å². The molecular weight excluding hydrogens is 495 g/mol. The molecular formula is C25H31ClF3N5S. The monoisotopic (exact) mass is 525 g/mol. The highest BCUT2D eigenvalue weighted by Crippen LogP contribution is 2.41.